The summed E-state index contributed by atoms with van der Waals surface area (Å²) in [6.07, 6.45) is -4.66. The lowest BCUT2D eigenvalue weighted by Gasteiger charge is -2.32. The number of carbonyl (C=O) groups is 1. The van der Waals surface area contributed by atoms with Crippen LogP contribution in [0.3, 0.4) is 0 Å². The van der Waals surface area contributed by atoms with Gasteiger partial charge in [0.15, 0.2) is 11.5 Å². The zero-order chi connectivity index (χ0) is 21.7. The van der Waals surface area contributed by atoms with E-state index >= 15 is 0 Å². The summed E-state index contributed by atoms with van der Waals surface area (Å²) < 4.78 is 46.3. The molecule has 1 aromatic carbocycles. The number of nitrogens with zero attached hydrogens (tertiary/aromatic N) is 3. The molecule has 0 radical (unpaired) electrons. The number of esters is 1. The van der Waals surface area contributed by atoms with Crippen LogP contribution in [0.1, 0.15) is 45.0 Å². The van der Waals surface area contributed by atoms with E-state index in [4.69, 9.17) is 27.9 Å². The first-order valence-corrected chi connectivity index (χ1v) is 9.43. The molecule has 1 aliphatic heterocycles. The molecular weight excluding hydrogens is 430 g/mol. The van der Waals surface area contributed by atoms with Gasteiger partial charge in [-0.05, 0) is 45.4 Å². The van der Waals surface area contributed by atoms with Crippen molar-refractivity contribution >= 4 is 40.7 Å². The van der Waals surface area contributed by atoms with Crippen molar-refractivity contribution in [3.63, 3.8) is 0 Å². The van der Waals surface area contributed by atoms with Crippen molar-refractivity contribution in [3.8, 4) is 0 Å². The SMILES string of the molecule is CC1=Nc2cc(C(F)(F)F)nn2C(c2ccc(Cl)c(Cl)c2)C1C(=O)OC(C)(C)C. The molecule has 5 nitrogen and oxygen atoms in total. The van der Waals surface area contributed by atoms with Crippen LogP contribution in [0, 0.1) is 5.92 Å². The van der Waals surface area contributed by atoms with Gasteiger partial charge in [0.2, 0.25) is 0 Å². The Morgan fingerprint density at radius 1 is 1.14 bits per heavy atom. The highest BCUT2D eigenvalue weighted by molar-refractivity contribution is 6.42. The molecule has 2 aromatic rings. The fraction of sp³-hybridized carbons (Fsp3) is 0.421. The molecule has 2 atom stereocenters. The number of halogens is 5. The van der Waals surface area contributed by atoms with Gasteiger partial charge < -0.3 is 4.74 Å². The molecule has 0 fully saturated rings. The summed E-state index contributed by atoms with van der Waals surface area (Å²) in [5.41, 5.74) is -1.11. The standard InChI is InChI=1S/C19H18Cl2F3N3O2/c1-9-15(17(28)29-18(2,3)4)16(10-5-6-11(20)12(21)7-10)27-14(25-9)8-13(26-27)19(22,23)24/h5-8,15-16H,1-4H3. The Bertz CT molecular complexity index is 994. The van der Waals surface area contributed by atoms with Gasteiger partial charge in [0.05, 0.1) is 16.1 Å². The van der Waals surface area contributed by atoms with Crippen LogP contribution >= 0.6 is 23.2 Å². The predicted molar refractivity (Wildman–Crippen MR) is 104 cm³/mol. The first-order chi connectivity index (χ1) is 13.3. The molecule has 1 aromatic heterocycles. The van der Waals surface area contributed by atoms with Gasteiger partial charge in [-0.15, -0.1) is 0 Å². The largest absolute Gasteiger partial charge is 0.459 e. The summed E-state index contributed by atoms with van der Waals surface area (Å²) in [7, 11) is 0. The predicted octanol–water partition coefficient (Wildman–Crippen LogP) is 5.86. The summed E-state index contributed by atoms with van der Waals surface area (Å²) in [4.78, 5) is 17.1. The maximum absolute atomic E-state index is 13.2. The fourth-order valence-corrected chi connectivity index (χ4v) is 3.43. The van der Waals surface area contributed by atoms with Crippen LogP contribution in [-0.4, -0.2) is 27.1 Å². The fourth-order valence-electron chi connectivity index (χ4n) is 3.13. The van der Waals surface area contributed by atoms with E-state index in [1.54, 1.807) is 33.8 Å². The van der Waals surface area contributed by atoms with Crippen LogP contribution in [-0.2, 0) is 15.7 Å². The molecule has 0 aliphatic carbocycles. The Balaban J connectivity index is 2.18. The number of ether oxygens (including phenoxy) is 1. The van der Waals surface area contributed by atoms with E-state index in [0.29, 0.717) is 11.3 Å². The molecule has 1 aliphatic rings. The van der Waals surface area contributed by atoms with Gasteiger partial charge in [-0.1, -0.05) is 29.3 Å². The van der Waals surface area contributed by atoms with Gasteiger partial charge in [-0.3, -0.25) is 4.79 Å². The molecule has 2 heterocycles. The maximum atomic E-state index is 13.2. The van der Waals surface area contributed by atoms with Crippen LogP contribution in [0.15, 0.2) is 29.3 Å². The number of aromatic nitrogens is 2. The van der Waals surface area contributed by atoms with E-state index < -0.39 is 35.4 Å². The highest BCUT2D eigenvalue weighted by Gasteiger charge is 2.43. The van der Waals surface area contributed by atoms with E-state index in [0.717, 1.165) is 10.7 Å². The molecule has 156 valence electrons. The minimum absolute atomic E-state index is 0.00861. The van der Waals surface area contributed by atoms with E-state index in [1.807, 2.05) is 0 Å². The summed E-state index contributed by atoms with van der Waals surface area (Å²) >= 11 is 12.1. The average Bonchev–Trinajstić information content (AvgIpc) is 2.98. The van der Waals surface area contributed by atoms with Crippen molar-refractivity contribution in [2.45, 2.75) is 45.5 Å². The van der Waals surface area contributed by atoms with Gasteiger partial charge in [-0.2, -0.15) is 18.3 Å². The number of benzene rings is 1. The number of rotatable bonds is 2. The summed E-state index contributed by atoms with van der Waals surface area (Å²) in [6.45, 7) is 6.68. The second-order valence-corrected chi connectivity index (χ2v) is 8.53. The summed E-state index contributed by atoms with van der Waals surface area (Å²) in [5, 5.41) is 4.18. The first-order valence-electron chi connectivity index (χ1n) is 8.67. The molecule has 0 spiro atoms. The lowest BCUT2D eigenvalue weighted by molar-refractivity contribution is -0.158. The van der Waals surface area contributed by atoms with Gasteiger partial charge in [0.25, 0.3) is 0 Å². The van der Waals surface area contributed by atoms with Gasteiger partial charge in [0.1, 0.15) is 11.5 Å². The summed E-state index contributed by atoms with van der Waals surface area (Å²) in [5.74, 6) is -1.62. The number of fused-ring (bicyclic) bond motifs is 1. The Morgan fingerprint density at radius 3 is 2.34 bits per heavy atom. The maximum Gasteiger partial charge on any atom is 0.435 e. The molecule has 10 heteroatoms. The average molecular weight is 448 g/mol. The minimum atomic E-state index is -4.66. The van der Waals surface area contributed by atoms with Crippen LogP contribution in [0.5, 0.6) is 0 Å². The molecule has 0 saturated carbocycles. The van der Waals surface area contributed by atoms with Crippen LogP contribution < -0.4 is 0 Å². The monoisotopic (exact) mass is 447 g/mol. The van der Waals surface area contributed by atoms with Crippen LogP contribution in [0.2, 0.25) is 10.0 Å². The number of alkyl halides is 3. The van der Waals surface area contributed by atoms with Crippen molar-refractivity contribution in [1.29, 1.82) is 0 Å². The third-order valence-electron chi connectivity index (χ3n) is 4.27. The van der Waals surface area contributed by atoms with Gasteiger partial charge >= 0.3 is 12.1 Å². The zero-order valence-corrected chi connectivity index (χ0v) is 17.5. The van der Waals surface area contributed by atoms with Crippen molar-refractivity contribution in [3.05, 3.63) is 45.6 Å². The molecule has 3 rings (SSSR count). The van der Waals surface area contributed by atoms with E-state index in [2.05, 4.69) is 10.1 Å². The smallest absolute Gasteiger partial charge is 0.435 e. The normalized spacial score (nSPS) is 19.6. The number of hydrogen-bond acceptors (Lipinski definition) is 4. The molecular formula is C19H18Cl2F3N3O2. The Labute approximate surface area is 175 Å². The molecule has 0 bridgehead atoms. The first kappa shape index (κ1) is 21.6. The zero-order valence-electron chi connectivity index (χ0n) is 16.0. The minimum Gasteiger partial charge on any atom is -0.459 e. The Hall–Kier alpha value is -2.06. The Kier molecular flexibility index (Phi) is 5.47. The quantitative estimate of drug-likeness (QED) is 0.541. The number of carbonyl (C=O) groups excluding carboxylic acids is 1. The van der Waals surface area contributed by atoms with Crippen LogP contribution in [0.4, 0.5) is 19.0 Å². The third kappa shape index (κ3) is 4.43. The molecule has 0 saturated heterocycles. The third-order valence-corrected chi connectivity index (χ3v) is 5.01. The van der Waals surface area contributed by atoms with Crippen molar-refractivity contribution in [2.75, 3.05) is 0 Å². The molecule has 0 N–H and O–H groups in total. The van der Waals surface area contributed by atoms with Gasteiger partial charge in [0, 0.05) is 11.8 Å². The van der Waals surface area contributed by atoms with Crippen molar-refractivity contribution < 1.29 is 22.7 Å². The van der Waals surface area contributed by atoms with Crippen molar-refractivity contribution in [1.82, 2.24) is 9.78 Å². The highest BCUT2D eigenvalue weighted by atomic mass is 35.5. The second-order valence-electron chi connectivity index (χ2n) is 7.71. The lowest BCUT2D eigenvalue weighted by atomic mass is 9.88. The molecule has 2 unspecified atom stereocenters. The van der Waals surface area contributed by atoms with Crippen molar-refractivity contribution in [2.24, 2.45) is 10.9 Å². The van der Waals surface area contributed by atoms with E-state index in [1.165, 1.54) is 12.1 Å². The van der Waals surface area contributed by atoms with Gasteiger partial charge in [-0.25, -0.2) is 9.67 Å². The lowest BCUT2D eigenvalue weighted by Crippen LogP contribution is -2.39. The van der Waals surface area contributed by atoms with E-state index in [9.17, 15) is 18.0 Å². The molecule has 29 heavy (non-hydrogen) atoms. The molecule has 0 amide bonds. The van der Waals surface area contributed by atoms with Crippen LogP contribution in [0.25, 0.3) is 0 Å². The second kappa shape index (κ2) is 7.32. The topological polar surface area (TPSA) is 56.5 Å². The highest BCUT2D eigenvalue weighted by Crippen LogP contribution is 2.41. The number of aliphatic imine (C=N–C) groups is 1. The Morgan fingerprint density at radius 2 is 1.79 bits per heavy atom. The summed E-state index contributed by atoms with van der Waals surface area (Å²) in [6, 6.07) is 4.53. The number of hydrogen-bond donors (Lipinski definition) is 0. The van der Waals surface area contributed by atoms with E-state index in [-0.39, 0.29) is 15.9 Å².